The minimum Gasteiger partial charge on any atom is -0.379 e. The molecule has 1 aromatic carbocycles. The molecule has 192 valence electrons. The van der Waals surface area contributed by atoms with Crippen molar-refractivity contribution in [3.8, 4) is 0 Å². The third-order valence-electron chi connectivity index (χ3n) is 6.95. The number of nitrogens with zero attached hydrogens (tertiary/aromatic N) is 2. The zero-order valence-electron chi connectivity index (χ0n) is 20.7. The number of carbonyl (C=O) groups excluding carboxylic acids is 1. The average molecular weight is 504 g/mol. The van der Waals surface area contributed by atoms with E-state index in [1.165, 1.54) is 5.56 Å². The van der Waals surface area contributed by atoms with E-state index in [2.05, 4.69) is 27.2 Å². The van der Waals surface area contributed by atoms with Crippen LogP contribution in [0, 0.1) is 5.92 Å². The lowest BCUT2D eigenvalue weighted by atomic mass is 9.98. The number of nitrogens with one attached hydrogen (secondary N) is 1. The molecule has 0 bridgehead atoms. The van der Waals surface area contributed by atoms with Crippen LogP contribution in [-0.4, -0.2) is 87.2 Å². The number of piperidine rings is 1. The average Bonchev–Trinajstić information content (AvgIpc) is 2.90. The zero-order chi connectivity index (χ0) is 24.5. The monoisotopic (exact) mass is 503 g/mol. The number of amides is 1. The second kappa shape index (κ2) is 13.0. The molecule has 2 heterocycles. The Bertz CT molecular complexity index is 848. The standard InChI is InChI=1S/C27H38ClN3O4/c1-33-27(35-25-9-15-31(16-10-25)21-22-3-5-24(28)6-4-22)11-7-23(8-12-27)26(32)29-13-2-14-30-17-19-34-20-18-30/h3-8,11-12,23,25H,2,9-10,13-21H2,1H3,(H,29,32). The summed E-state index contributed by atoms with van der Waals surface area (Å²) in [6.45, 7) is 8.07. The fourth-order valence-electron chi connectivity index (χ4n) is 4.78. The summed E-state index contributed by atoms with van der Waals surface area (Å²) in [6, 6.07) is 8.05. The van der Waals surface area contributed by atoms with E-state index in [-0.39, 0.29) is 17.9 Å². The first-order valence-electron chi connectivity index (χ1n) is 12.7. The van der Waals surface area contributed by atoms with Crippen LogP contribution in [0.25, 0.3) is 0 Å². The number of hydrogen-bond donors (Lipinski definition) is 1. The van der Waals surface area contributed by atoms with Gasteiger partial charge in [-0.3, -0.25) is 14.6 Å². The van der Waals surface area contributed by atoms with Crippen molar-refractivity contribution in [3.63, 3.8) is 0 Å². The first-order chi connectivity index (χ1) is 17.0. The van der Waals surface area contributed by atoms with E-state index in [9.17, 15) is 4.79 Å². The molecule has 0 saturated carbocycles. The Balaban J connectivity index is 1.17. The van der Waals surface area contributed by atoms with Gasteiger partial charge in [0, 0.05) is 51.4 Å². The number of rotatable bonds is 10. The molecule has 0 spiro atoms. The van der Waals surface area contributed by atoms with Gasteiger partial charge in [-0.2, -0.15) is 0 Å². The van der Waals surface area contributed by atoms with Crippen molar-refractivity contribution < 1.29 is 19.0 Å². The van der Waals surface area contributed by atoms with Crippen molar-refractivity contribution in [2.24, 2.45) is 5.92 Å². The van der Waals surface area contributed by atoms with Crippen LogP contribution in [0.3, 0.4) is 0 Å². The molecular formula is C27H38ClN3O4. The Morgan fingerprint density at radius 2 is 1.77 bits per heavy atom. The molecule has 1 aliphatic carbocycles. The minimum atomic E-state index is -0.907. The van der Waals surface area contributed by atoms with E-state index in [0.29, 0.717) is 6.54 Å². The Hall–Kier alpha value is -1.74. The van der Waals surface area contributed by atoms with Gasteiger partial charge in [0.25, 0.3) is 0 Å². The van der Waals surface area contributed by atoms with E-state index in [4.69, 9.17) is 25.8 Å². The molecule has 4 rings (SSSR count). The van der Waals surface area contributed by atoms with E-state index < -0.39 is 5.79 Å². The number of benzene rings is 1. The van der Waals surface area contributed by atoms with Crippen molar-refractivity contribution in [1.82, 2.24) is 15.1 Å². The maximum absolute atomic E-state index is 12.6. The number of morpholine rings is 1. The number of carbonyl (C=O) groups is 1. The molecule has 1 N–H and O–H groups in total. The fraction of sp³-hybridized carbons (Fsp3) is 0.593. The lowest BCUT2D eigenvalue weighted by molar-refractivity contribution is -0.193. The summed E-state index contributed by atoms with van der Waals surface area (Å²) in [4.78, 5) is 17.4. The minimum absolute atomic E-state index is 0.0136. The second-order valence-electron chi connectivity index (χ2n) is 9.49. The lowest BCUT2D eigenvalue weighted by Gasteiger charge is -2.37. The van der Waals surface area contributed by atoms with Gasteiger partial charge in [-0.15, -0.1) is 0 Å². The highest BCUT2D eigenvalue weighted by atomic mass is 35.5. The highest BCUT2D eigenvalue weighted by Crippen LogP contribution is 2.29. The van der Waals surface area contributed by atoms with Gasteiger partial charge in [-0.05, 0) is 55.7 Å². The van der Waals surface area contributed by atoms with E-state index in [1.54, 1.807) is 7.11 Å². The maximum Gasteiger partial charge on any atom is 0.230 e. The van der Waals surface area contributed by atoms with E-state index in [0.717, 1.165) is 76.8 Å². The van der Waals surface area contributed by atoms with Crippen LogP contribution in [-0.2, 0) is 25.5 Å². The van der Waals surface area contributed by atoms with Gasteiger partial charge in [0.2, 0.25) is 11.7 Å². The number of likely N-dealkylation sites (tertiary alicyclic amines) is 1. The van der Waals surface area contributed by atoms with Crippen molar-refractivity contribution in [3.05, 3.63) is 59.2 Å². The molecule has 1 amide bonds. The third kappa shape index (κ3) is 7.87. The Morgan fingerprint density at radius 1 is 1.09 bits per heavy atom. The second-order valence-corrected chi connectivity index (χ2v) is 9.92. The normalized spacial score (nSPS) is 26.2. The lowest BCUT2D eigenvalue weighted by Crippen LogP contribution is -2.43. The van der Waals surface area contributed by atoms with Gasteiger partial charge in [0.1, 0.15) is 0 Å². The topological polar surface area (TPSA) is 63.3 Å². The molecule has 0 unspecified atom stereocenters. The summed E-state index contributed by atoms with van der Waals surface area (Å²) in [5, 5.41) is 3.82. The number of methoxy groups -OCH3 is 1. The molecule has 0 atom stereocenters. The van der Waals surface area contributed by atoms with Crippen molar-refractivity contribution >= 4 is 17.5 Å². The van der Waals surface area contributed by atoms with Crippen molar-refractivity contribution in [2.45, 2.75) is 37.7 Å². The molecule has 2 aliphatic heterocycles. The molecule has 0 radical (unpaired) electrons. The van der Waals surface area contributed by atoms with Gasteiger partial charge in [-0.1, -0.05) is 35.9 Å². The molecule has 8 heteroatoms. The molecule has 3 aliphatic rings. The zero-order valence-corrected chi connectivity index (χ0v) is 21.4. The number of ether oxygens (including phenoxy) is 3. The summed E-state index contributed by atoms with van der Waals surface area (Å²) in [6.07, 6.45) is 10.5. The molecule has 0 aromatic heterocycles. The van der Waals surface area contributed by atoms with Crippen LogP contribution >= 0.6 is 11.6 Å². The van der Waals surface area contributed by atoms with Crippen molar-refractivity contribution in [1.29, 1.82) is 0 Å². The molecule has 2 saturated heterocycles. The summed E-state index contributed by atoms with van der Waals surface area (Å²) < 4.78 is 17.5. The number of halogens is 1. The van der Waals surface area contributed by atoms with Crippen molar-refractivity contribution in [2.75, 3.05) is 59.6 Å². The largest absolute Gasteiger partial charge is 0.379 e. The molecular weight excluding hydrogens is 466 g/mol. The van der Waals surface area contributed by atoms with Gasteiger partial charge < -0.3 is 19.5 Å². The Labute approximate surface area is 214 Å². The van der Waals surface area contributed by atoms with Crippen LogP contribution < -0.4 is 5.32 Å². The fourth-order valence-corrected chi connectivity index (χ4v) is 4.91. The first-order valence-corrected chi connectivity index (χ1v) is 13.1. The predicted molar refractivity (Wildman–Crippen MR) is 137 cm³/mol. The van der Waals surface area contributed by atoms with Gasteiger partial charge in [-0.25, -0.2) is 0 Å². The molecule has 1 aromatic rings. The summed E-state index contributed by atoms with van der Waals surface area (Å²) in [5.41, 5.74) is 1.27. The maximum atomic E-state index is 12.6. The van der Waals surface area contributed by atoms with Crippen LogP contribution in [0.15, 0.2) is 48.6 Å². The quantitative estimate of drug-likeness (QED) is 0.300. The van der Waals surface area contributed by atoms with Gasteiger partial charge in [0.15, 0.2) is 0 Å². The predicted octanol–water partition coefficient (Wildman–Crippen LogP) is 3.24. The number of hydrogen-bond acceptors (Lipinski definition) is 6. The first kappa shape index (κ1) is 26.3. The Morgan fingerprint density at radius 3 is 2.43 bits per heavy atom. The van der Waals surface area contributed by atoms with Crippen LogP contribution in [0.4, 0.5) is 0 Å². The van der Waals surface area contributed by atoms with Crippen LogP contribution in [0.2, 0.25) is 5.02 Å². The molecule has 7 nitrogen and oxygen atoms in total. The summed E-state index contributed by atoms with van der Waals surface area (Å²) in [5.74, 6) is -1.19. The molecule has 35 heavy (non-hydrogen) atoms. The van der Waals surface area contributed by atoms with Crippen LogP contribution in [0.1, 0.15) is 24.8 Å². The highest BCUT2D eigenvalue weighted by molar-refractivity contribution is 6.30. The third-order valence-corrected chi connectivity index (χ3v) is 7.20. The smallest absolute Gasteiger partial charge is 0.230 e. The Kier molecular flexibility index (Phi) is 9.77. The van der Waals surface area contributed by atoms with Gasteiger partial charge in [0.05, 0.1) is 25.2 Å². The molecule has 2 fully saturated rings. The van der Waals surface area contributed by atoms with Gasteiger partial charge >= 0.3 is 0 Å². The van der Waals surface area contributed by atoms with E-state index >= 15 is 0 Å². The summed E-state index contributed by atoms with van der Waals surface area (Å²) >= 11 is 5.99. The van der Waals surface area contributed by atoms with E-state index in [1.807, 2.05) is 36.4 Å². The highest BCUT2D eigenvalue weighted by Gasteiger charge is 2.33. The SMILES string of the molecule is COC1(OC2CCN(Cc3ccc(Cl)cc3)CC2)C=CC(C(=O)NCCCN2CCOCC2)C=C1. The van der Waals surface area contributed by atoms with Crippen LogP contribution in [0.5, 0.6) is 0 Å². The summed E-state index contributed by atoms with van der Waals surface area (Å²) in [7, 11) is 1.65.